The molecule has 2 aromatic carbocycles. The Balaban J connectivity index is 1.82. The van der Waals surface area contributed by atoms with Gasteiger partial charge in [0.2, 0.25) is 10.0 Å². The average Bonchev–Trinajstić information content (AvgIpc) is 3.10. The molecule has 6 nitrogen and oxygen atoms in total. The van der Waals surface area contributed by atoms with Crippen molar-refractivity contribution in [3.63, 3.8) is 0 Å². The van der Waals surface area contributed by atoms with Crippen LogP contribution in [0.2, 0.25) is 10.0 Å². The minimum atomic E-state index is -3.86. The Morgan fingerprint density at radius 1 is 1.03 bits per heavy atom. The van der Waals surface area contributed by atoms with Crippen molar-refractivity contribution < 1.29 is 18.3 Å². The molecule has 1 aromatic heterocycles. The Hall–Kier alpha value is -2.06. The van der Waals surface area contributed by atoms with Crippen molar-refractivity contribution in [2.24, 2.45) is 0 Å². The van der Waals surface area contributed by atoms with Gasteiger partial charge < -0.3 is 5.11 Å². The Morgan fingerprint density at radius 2 is 1.77 bits per heavy atom. The van der Waals surface area contributed by atoms with E-state index in [1.165, 1.54) is 12.1 Å². The van der Waals surface area contributed by atoms with E-state index in [0.717, 1.165) is 36.7 Å². The number of carbonyl (C=O) groups is 1. The van der Waals surface area contributed by atoms with Crippen LogP contribution in [0, 0.1) is 0 Å². The minimum Gasteiger partial charge on any atom is -0.464 e. The fourth-order valence-electron chi connectivity index (χ4n) is 4.00. The van der Waals surface area contributed by atoms with E-state index in [1.807, 2.05) is 0 Å². The quantitative estimate of drug-likeness (QED) is 0.511. The molecule has 0 atom stereocenters. The number of nitrogens with one attached hydrogen (secondary N) is 1. The molecule has 0 saturated heterocycles. The summed E-state index contributed by atoms with van der Waals surface area (Å²) in [6.07, 6.45) is 3.45. The number of fused-ring (bicyclic) bond motifs is 1. The summed E-state index contributed by atoms with van der Waals surface area (Å²) in [5.41, 5.74) is 1.08. The van der Waals surface area contributed by atoms with Gasteiger partial charge in [0.1, 0.15) is 4.90 Å². The Bertz CT molecular complexity index is 1230. The van der Waals surface area contributed by atoms with Gasteiger partial charge >= 0.3 is 6.09 Å². The molecule has 0 spiro atoms. The van der Waals surface area contributed by atoms with Gasteiger partial charge in [-0.2, -0.15) is 0 Å². The maximum absolute atomic E-state index is 13.0. The highest BCUT2D eigenvalue weighted by molar-refractivity contribution is 7.89. The molecule has 1 fully saturated rings. The zero-order chi connectivity index (χ0) is 21.5. The van der Waals surface area contributed by atoms with Crippen molar-refractivity contribution in [2.75, 3.05) is 0 Å². The molecule has 0 amide bonds. The molecular weight excluding hydrogens is 447 g/mol. The minimum absolute atomic E-state index is 0.0690. The molecule has 0 aliphatic heterocycles. The monoisotopic (exact) mass is 466 g/mol. The van der Waals surface area contributed by atoms with E-state index in [9.17, 15) is 18.3 Å². The summed E-state index contributed by atoms with van der Waals surface area (Å²) < 4.78 is 29.8. The third-order valence-corrected chi connectivity index (χ3v) is 7.72. The molecule has 1 heterocycles. The molecule has 30 heavy (non-hydrogen) atoms. The first-order valence-corrected chi connectivity index (χ1v) is 11.9. The summed E-state index contributed by atoms with van der Waals surface area (Å²) in [5, 5.41) is 10.8. The highest BCUT2D eigenvalue weighted by atomic mass is 35.5. The number of nitrogens with zero attached hydrogens (tertiary/aromatic N) is 1. The van der Waals surface area contributed by atoms with Crippen molar-refractivity contribution in [3.05, 3.63) is 52.5 Å². The Labute approximate surface area is 184 Å². The second kappa shape index (κ2) is 8.23. The zero-order valence-corrected chi connectivity index (χ0v) is 18.3. The summed E-state index contributed by atoms with van der Waals surface area (Å²) in [7, 11) is -3.86. The molecule has 1 aliphatic rings. The van der Waals surface area contributed by atoms with Gasteiger partial charge in [-0.1, -0.05) is 60.7 Å². The number of hydrogen-bond donors (Lipinski definition) is 2. The van der Waals surface area contributed by atoms with Crippen LogP contribution in [0.5, 0.6) is 0 Å². The van der Waals surface area contributed by atoms with Gasteiger partial charge in [-0.05, 0) is 37.1 Å². The third kappa shape index (κ3) is 3.95. The normalized spacial score (nSPS) is 15.5. The van der Waals surface area contributed by atoms with Gasteiger partial charge in [-0.25, -0.2) is 22.5 Å². The summed E-state index contributed by atoms with van der Waals surface area (Å²) in [6.45, 7) is 0. The summed E-state index contributed by atoms with van der Waals surface area (Å²) in [5.74, 6) is 0. The number of para-hydroxylation sites is 1. The molecule has 4 rings (SSSR count). The molecule has 3 aromatic rings. The van der Waals surface area contributed by atoms with Crippen LogP contribution >= 0.6 is 23.2 Å². The first-order chi connectivity index (χ1) is 14.3. The van der Waals surface area contributed by atoms with Gasteiger partial charge in [-0.15, -0.1) is 0 Å². The van der Waals surface area contributed by atoms with Gasteiger partial charge in [0.15, 0.2) is 0 Å². The van der Waals surface area contributed by atoms with Crippen LogP contribution in [-0.4, -0.2) is 30.2 Å². The molecule has 158 valence electrons. The van der Waals surface area contributed by atoms with Crippen LogP contribution in [-0.2, 0) is 10.0 Å². The average molecular weight is 467 g/mol. The number of carboxylic acid groups (broad SMARTS) is 1. The first-order valence-electron chi connectivity index (χ1n) is 9.63. The van der Waals surface area contributed by atoms with E-state index in [0.29, 0.717) is 27.2 Å². The van der Waals surface area contributed by atoms with E-state index >= 15 is 0 Å². The van der Waals surface area contributed by atoms with Crippen LogP contribution in [0.25, 0.3) is 22.2 Å². The van der Waals surface area contributed by atoms with Gasteiger partial charge in [0, 0.05) is 17.0 Å². The lowest BCUT2D eigenvalue weighted by Crippen LogP contribution is -2.36. The maximum Gasteiger partial charge on any atom is 0.416 e. The van der Waals surface area contributed by atoms with E-state index in [-0.39, 0.29) is 16.0 Å². The fraction of sp³-hybridized carbons (Fsp3) is 0.286. The van der Waals surface area contributed by atoms with Crippen LogP contribution in [0.15, 0.2) is 47.4 Å². The van der Waals surface area contributed by atoms with E-state index < -0.39 is 16.1 Å². The first kappa shape index (κ1) is 21.2. The molecule has 0 radical (unpaired) electrons. The molecule has 9 heteroatoms. The Kier molecular flexibility index (Phi) is 5.81. The van der Waals surface area contributed by atoms with E-state index in [1.54, 1.807) is 30.3 Å². The van der Waals surface area contributed by atoms with Crippen LogP contribution in [0.1, 0.15) is 32.1 Å². The lowest BCUT2D eigenvalue weighted by atomic mass is 9.96. The summed E-state index contributed by atoms with van der Waals surface area (Å²) in [4.78, 5) is 11.9. The fourth-order valence-corrected chi connectivity index (χ4v) is 6.10. The highest BCUT2D eigenvalue weighted by Crippen LogP contribution is 2.35. The predicted octanol–water partition coefficient (Wildman–Crippen LogP) is 5.75. The molecule has 1 saturated carbocycles. The molecular formula is C21H20Cl2N2O4S. The third-order valence-electron chi connectivity index (χ3n) is 5.41. The smallest absolute Gasteiger partial charge is 0.416 e. The van der Waals surface area contributed by atoms with Crippen molar-refractivity contribution >= 4 is 50.2 Å². The van der Waals surface area contributed by atoms with Crippen molar-refractivity contribution in [3.8, 4) is 11.3 Å². The van der Waals surface area contributed by atoms with Crippen LogP contribution in [0.3, 0.4) is 0 Å². The SMILES string of the molecule is O=C(O)n1c(-c2ccc(Cl)c(S(=O)(=O)NC3CCCCC3)c2)cc2cccc(Cl)c21. The van der Waals surface area contributed by atoms with Crippen molar-refractivity contribution in [1.82, 2.24) is 9.29 Å². The van der Waals surface area contributed by atoms with E-state index in [2.05, 4.69) is 4.72 Å². The number of hydrogen-bond acceptors (Lipinski definition) is 3. The standard InChI is InChI=1S/C21H20Cl2N2O4S/c22-16-10-9-13(12-19(16)30(28,29)24-15-6-2-1-3-7-15)18-11-14-5-4-8-17(23)20(14)25(18)21(26)27/h4-5,8-12,15,24H,1-3,6-7H2,(H,26,27). The largest absolute Gasteiger partial charge is 0.464 e. The van der Waals surface area contributed by atoms with Crippen molar-refractivity contribution in [2.45, 2.75) is 43.0 Å². The van der Waals surface area contributed by atoms with Crippen molar-refractivity contribution in [1.29, 1.82) is 0 Å². The molecule has 1 aliphatic carbocycles. The van der Waals surface area contributed by atoms with Crippen LogP contribution < -0.4 is 4.72 Å². The maximum atomic E-state index is 13.0. The van der Waals surface area contributed by atoms with Gasteiger partial charge in [0.25, 0.3) is 0 Å². The second-order valence-corrected chi connectivity index (χ2v) is 9.92. The number of halogens is 2. The highest BCUT2D eigenvalue weighted by Gasteiger charge is 2.25. The summed E-state index contributed by atoms with van der Waals surface area (Å²) >= 11 is 12.5. The molecule has 0 unspecified atom stereocenters. The van der Waals surface area contributed by atoms with Gasteiger partial charge in [0.05, 0.1) is 21.3 Å². The Morgan fingerprint density at radius 3 is 2.47 bits per heavy atom. The topological polar surface area (TPSA) is 88.4 Å². The molecule has 0 bridgehead atoms. The van der Waals surface area contributed by atoms with Crippen LogP contribution in [0.4, 0.5) is 4.79 Å². The van der Waals surface area contributed by atoms with Gasteiger partial charge in [-0.3, -0.25) is 0 Å². The summed E-state index contributed by atoms with van der Waals surface area (Å²) in [6, 6.07) is 11.1. The van der Waals surface area contributed by atoms with E-state index in [4.69, 9.17) is 23.2 Å². The lowest BCUT2D eigenvalue weighted by molar-refractivity contribution is 0.198. The second-order valence-electron chi connectivity index (χ2n) is 7.43. The number of rotatable bonds is 4. The number of sulfonamides is 1. The zero-order valence-electron chi connectivity index (χ0n) is 15.9. The number of aromatic nitrogens is 1. The number of benzene rings is 2. The lowest BCUT2D eigenvalue weighted by Gasteiger charge is -2.23. The predicted molar refractivity (Wildman–Crippen MR) is 118 cm³/mol. The molecule has 2 N–H and O–H groups in total.